The molecule has 2 unspecified atom stereocenters. The lowest BCUT2D eigenvalue weighted by Crippen LogP contribution is -2.43. The normalized spacial score (nSPS) is 16.9. The summed E-state index contributed by atoms with van der Waals surface area (Å²) in [4.78, 5) is 27.7. The van der Waals surface area contributed by atoms with Crippen molar-refractivity contribution in [1.82, 2.24) is 4.90 Å². The molecule has 0 saturated carbocycles. The third-order valence-electron chi connectivity index (χ3n) is 5.46. The second-order valence-corrected chi connectivity index (χ2v) is 10.9. The first kappa shape index (κ1) is 22.1. The van der Waals surface area contributed by atoms with E-state index in [1.165, 1.54) is 10.1 Å². The number of anilines is 1. The van der Waals surface area contributed by atoms with Gasteiger partial charge in [-0.2, -0.15) is 0 Å². The number of hydrogen-bond donors (Lipinski definition) is 1. The van der Waals surface area contributed by atoms with E-state index in [-0.39, 0.29) is 11.8 Å². The maximum atomic E-state index is 13.3. The summed E-state index contributed by atoms with van der Waals surface area (Å²) in [7, 11) is 2.36. The van der Waals surface area contributed by atoms with Crippen LogP contribution in [0.25, 0.3) is 0 Å². The van der Waals surface area contributed by atoms with Crippen molar-refractivity contribution < 1.29 is 19.1 Å². The van der Waals surface area contributed by atoms with Crippen molar-refractivity contribution in [3.8, 4) is 5.75 Å². The Morgan fingerprint density at radius 1 is 1.13 bits per heavy atom. The van der Waals surface area contributed by atoms with Crippen LogP contribution in [0.5, 0.6) is 5.75 Å². The molecule has 6 nitrogen and oxygen atoms in total. The molecule has 2 atom stereocenters. The van der Waals surface area contributed by atoms with Crippen LogP contribution in [0.15, 0.2) is 48.5 Å². The largest absolute Gasteiger partial charge is 0.497 e. The Morgan fingerprint density at radius 2 is 1.80 bits per heavy atom. The highest BCUT2D eigenvalue weighted by Crippen LogP contribution is 2.26. The van der Waals surface area contributed by atoms with Gasteiger partial charge in [0.15, 0.2) is 0 Å². The van der Waals surface area contributed by atoms with Gasteiger partial charge in [0.1, 0.15) is 17.9 Å². The Bertz CT molecular complexity index is 862. The maximum absolute atomic E-state index is 13.3. The second kappa shape index (κ2) is 9.91. The maximum Gasteiger partial charge on any atom is 0.252 e. The van der Waals surface area contributed by atoms with Crippen LogP contribution in [0.4, 0.5) is 5.69 Å². The van der Waals surface area contributed by atoms with E-state index < -0.39 is 20.9 Å². The van der Waals surface area contributed by atoms with E-state index in [2.05, 4.69) is 30.5 Å². The number of likely N-dealkylation sites (N-methyl/N-ethyl adjacent to an activating group) is 1. The van der Waals surface area contributed by atoms with Crippen molar-refractivity contribution in [1.29, 1.82) is 0 Å². The van der Waals surface area contributed by atoms with Crippen molar-refractivity contribution in [2.24, 2.45) is 0 Å². The van der Waals surface area contributed by atoms with E-state index in [0.29, 0.717) is 24.3 Å². The first-order valence-corrected chi connectivity index (χ1v) is 13.2. The van der Waals surface area contributed by atoms with Crippen LogP contribution in [0.3, 0.4) is 0 Å². The number of carbonyl (C=O) groups is 2. The van der Waals surface area contributed by atoms with Crippen molar-refractivity contribution in [2.45, 2.75) is 38.1 Å². The molecule has 1 fully saturated rings. The van der Waals surface area contributed by atoms with Crippen molar-refractivity contribution in [3.05, 3.63) is 54.1 Å². The lowest BCUT2D eigenvalue weighted by molar-refractivity contribution is -0.145. The summed E-state index contributed by atoms with van der Waals surface area (Å²) in [5, 5.41) is 4.31. The van der Waals surface area contributed by atoms with Gasteiger partial charge in [0.25, 0.3) is 11.8 Å². The lowest BCUT2D eigenvalue weighted by Gasteiger charge is -2.29. The molecule has 1 saturated heterocycles. The number of hydrogen-bond acceptors (Lipinski definition) is 4. The van der Waals surface area contributed by atoms with Gasteiger partial charge >= 0.3 is 0 Å². The molecule has 1 heterocycles. The molecule has 0 radical (unpaired) electrons. The van der Waals surface area contributed by atoms with Gasteiger partial charge in [-0.05, 0) is 42.7 Å². The Kier molecular flexibility index (Phi) is 7.28. The Morgan fingerprint density at radius 3 is 2.33 bits per heavy atom. The minimum atomic E-state index is -0.896. The molecule has 2 amide bonds. The van der Waals surface area contributed by atoms with Crippen LogP contribution in [-0.2, 0) is 14.3 Å². The molecule has 160 valence electrons. The summed E-state index contributed by atoms with van der Waals surface area (Å²) in [5.41, 5.74) is 1.43. The standard InChI is InChI=1S/C23H30N2O4Si/c1-25(23(27)20-6-5-15-29-20)21(16-7-11-18(28-2)12-8-16)22(26)24-17-9-13-19(14-10-17)30(3)4/h7-14,20-21,30H,5-6,15H2,1-4H3,(H,24,26). The van der Waals surface area contributed by atoms with E-state index >= 15 is 0 Å². The first-order valence-electron chi connectivity index (χ1n) is 10.3. The minimum Gasteiger partial charge on any atom is -0.497 e. The number of carbonyl (C=O) groups excluding carboxylic acids is 2. The fourth-order valence-corrected chi connectivity index (χ4v) is 4.59. The molecule has 2 aromatic rings. The topological polar surface area (TPSA) is 67.9 Å². The highest BCUT2D eigenvalue weighted by Gasteiger charge is 2.34. The van der Waals surface area contributed by atoms with Gasteiger partial charge < -0.3 is 19.7 Å². The SMILES string of the molecule is COc1ccc(C(C(=O)Nc2ccc([SiH](C)C)cc2)N(C)C(=O)C2CCCO2)cc1. The van der Waals surface area contributed by atoms with Crippen molar-refractivity contribution in [2.75, 3.05) is 26.1 Å². The van der Waals surface area contributed by atoms with Crippen LogP contribution in [0.1, 0.15) is 24.4 Å². The molecular weight excluding hydrogens is 396 g/mol. The average Bonchev–Trinajstić information content (AvgIpc) is 3.29. The van der Waals surface area contributed by atoms with E-state index in [0.717, 1.165) is 12.1 Å². The zero-order valence-corrected chi connectivity index (χ0v) is 19.2. The van der Waals surface area contributed by atoms with E-state index in [1.807, 2.05) is 24.3 Å². The number of amides is 2. The van der Waals surface area contributed by atoms with Gasteiger partial charge in [-0.1, -0.05) is 42.5 Å². The molecule has 7 heteroatoms. The van der Waals surface area contributed by atoms with Gasteiger partial charge in [0.2, 0.25) is 0 Å². The van der Waals surface area contributed by atoms with E-state index in [1.54, 1.807) is 26.3 Å². The van der Waals surface area contributed by atoms with Gasteiger partial charge in [0.05, 0.1) is 15.9 Å². The molecular formula is C23H30N2O4Si. The smallest absolute Gasteiger partial charge is 0.252 e. The number of ether oxygens (including phenoxy) is 2. The predicted molar refractivity (Wildman–Crippen MR) is 121 cm³/mol. The third-order valence-corrected chi connectivity index (χ3v) is 7.18. The van der Waals surface area contributed by atoms with Crippen LogP contribution in [-0.4, -0.2) is 52.4 Å². The molecule has 30 heavy (non-hydrogen) atoms. The summed E-state index contributed by atoms with van der Waals surface area (Å²) in [6, 6.07) is 14.4. The molecule has 3 rings (SSSR count). The molecule has 0 bridgehead atoms. The fraction of sp³-hybridized carbons (Fsp3) is 0.391. The zero-order chi connectivity index (χ0) is 21.7. The lowest BCUT2D eigenvalue weighted by atomic mass is 10.0. The Balaban J connectivity index is 1.85. The average molecular weight is 427 g/mol. The van der Waals surface area contributed by atoms with Crippen LogP contribution < -0.4 is 15.2 Å². The number of nitrogens with zero attached hydrogens (tertiary/aromatic N) is 1. The minimum absolute atomic E-state index is 0.176. The highest BCUT2D eigenvalue weighted by atomic mass is 28.3. The van der Waals surface area contributed by atoms with E-state index in [4.69, 9.17) is 9.47 Å². The number of benzene rings is 2. The number of rotatable bonds is 7. The highest BCUT2D eigenvalue weighted by molar-refractivity contribution is 6.70. The molecule has 0 aromatic heterocycles. The third kappa shape index (κ3) is 5.09. The number of methoxy groups -OCH3 is 1. The zero-order valence-electron chi connectivity index (χ0n) is 18.1. The first-order chi connectivity index (χ1) is 14.4. The fourth-order valence-electron chi connectivity index (χ4n) is 3.63. The summed E-state index contributed by atoms with van der Waals surface area (Å²) in [6.07, 6.45) is 1.05. The Hall–Kier alpha value is -2.64. The second-order valence-electron chi connectivity index (χ2n) is 7.89. The van der Waals surface area contributed by atoms with Gasteiger partial charge in [-0.25, -0.2) is 0 Å². The predicted octanol–water partition coefficient (Wildman–Crippen LogP) is 2.71. The summed E-state index contributed by atoms with van der Waals surface area (Å²) >= 11 is 0. The van der Waals surface area contributed by atoms with Gasteiger partial charge in [-0.3, -0.25) is 9.59 Å². The Labute approximate surface area is 179 Å². The summed E-state index contributed by atoms with van der Waals surface area (Å²) in [6.45, 7) is 5.10. The van der Waals surface area contributed by atoms with Crippen LogP contribution >= 0.6 is 0 Å². The van der Waals surface area contributed by atoms with E-state index in [9.17, 15) is 9.59 Å². The summed E-state index contributed by atoms with van der Waals surface area (Å²) in [5.74, 6) is 0.257. The number of nitrogens with one attached hydrogen (secondary N) is 1. The monoisotopic (exact) mass is 426 g/mol. The van der Waals surface area contributed by atoms with Crippen LogP contribution in [0.2, 0.25) is 13.1 Å². The molecule has 1 aliphatic rings. The molecule has 1 aliphatic heterocycles. The molecule has 1 N–H and O–H groups in total. The van der Waals surface area contributed by atoms with Crippen molar-refractivity contribution in [3.63, 3.8) is 0 Å². The molecule has 2 aromatic carbocycles. The molecule has 0 aliphatic carbocycles. The quantitative estimate of drug-likeness (QED) is 0.692. The van der Waals surface area contributed by atoms with Crippen LogP contribution in [0, 0.1) is 0 Å². The van der Waals surface area contributed by atoms with Gasteiger partial charge in [0, 0.05) is 19.3 Å². The van der Waals surface area contributed by atoms with Crippen molar-refractivity contribution >= 4 is 31.5 Å². The van der Waals surface area contributed by atoms with Gasteiger partial charge in [-0.15, -0.1) is 0 Å². The molecule has 0 spiro atoms. The summed E-state index contributed by atoms with van der Waals surface area (Å²) < 4.78 is 10.8.